The third kappa shape index (κ3) is 4.44. The molecule has 0 saturated carbocycles. The molecule has 0 radical (unpaired) electrons. The minimum atomic E-state index is -3.99. The summed E-state index contributed by atoms with van der Waals surface area (Å²) >= 11 is 0. The average molecular weight is 496 g/mol. The molecule has 8 nitrogen and oxygen atoms in total. The molecule has 1 aliphatic heterocycles. The van der Waals surface area contributed by atoms with E-state index in [1.807, 2.05) is 6.92 Å². The summed E-state index contributed by atoms with van der Waals surface area (Å²) in [6, 6.07) is 15.3. The highest BCUT2D eigenvalue weighted by molar-refractivity contribution is 7.91. The van der Waals surface area contributed by atoms with Gasteiger partial charge in [-0.25, -0.2) is 12.8 Å². The van der Waals surface area contributed by atoms with Gasteiger partial charge in [0.1, 0.15) is 5.82 Å². The van der Waals surface area contributed by atoms with E-state index >= 15 is 0 Å². The number of furan rings is 1. The summed E-state index contributed by atoms with van der Waals surface area (Å²) in [4.78, 5) is 20.5. The van der Waals surface area contributed by atoms with Crippen molar-refractivity contribution >= 4 is 21.6 Å². The predicted molar refractivity (Wildman–Crippen MR) is 125 cm³/mol. The Hall–Kier alpha value is -3.92. The Morgan fingerprint density at radius 3 is 2.40 bits per heavy atom. The molecule has 0 spiro atoms. The minimum absolute atomic E-state index is 0.0500. The van der Waals surface area contributed by atoms with Crippen LogP contribution in [0.15, 0.2) is 85.7 Å². The molecular formula is C25H22FN3O5S. The number of benzene rings is 2. The molecule has 3 heterocycles. The average Bonchev–Trinajstić information content (AvgIpc) is 3.55. The van der Waals surface area contributed by atoms with E-state index in [-0.39, 0.29) is 33.2 Å². The van der Waals surface area contributed by atoms with Crippen molar-refractivity contribution in [2.24, 2.45) is 0 Å². The number of hydrogen-bond donors (Lipinski definition) is 0. The molecule has 1 aliphatic rings. The summed E-state index contributed by atoms with van der Waals surface area (Å²) in [6.07, 6.45) is 1.45. The van der Waals surface area contributed by atoms with Gasteiger partial charge < -0.3 is 18.6 Å². The maximum atomic E-state index is 13.6. The number of carbonyl (C=O) groups is 1. The molecule has 4 aromatic rings. The normalized spacial score (nSPS) is 14.3. The lowest BCUT2D eigenvalue weighted by Gasteiger charge is -2.34. The largest absolute Gasteiger partial charge is 0.459 e. The van der Waals surface area contributed by atoms with Gasteiger partial charge in [0, 0.05) is 31.7 Å². The number of hydrogen-bond acceptors (Lipinski definition) is 7. The minimum Gasteiger partial charge on any atom is -0.459 e. The van der Waals surface area contributed by atoms with E-state index in [9.17, 15) is 17.6 Å². The van der Waals surface area contributed by atoms with Gasteiger partial charge >= 0.3 is 0 Å². The Morgan fingerprint density at radius 2 is 1.74 bits per heavy atom. The zero-order valence-corrected chi connectivity index (χ0v) is 19.7. The summed E-state index contributed by atoms with van der Waals surface area (Å²) in [5.74, 6) is -0.321. The van der Waals surface area contributed by atoms with Gasteiger partial charge in [-0.3, -0.25) is 4.79 Å². The molecule has 10 heteroatoms. The first-order chi connectivity index (χ1) is 16.8. The Morgan fingerprint density at radius 1 is 1.00 bits per heavy atom. The topological polar surface area (TPSA) is 96.9 Å². The first kappa shape index (κ1) is 22.9. The number of oxazole rings is 1. The predicted octanol–water partition coefficient (Wildman–Crippen LogP) is 4.18. The Balaban J connectivity index is 1.44. The third-order valence-electron chi connectivity index (χ3n) is 5.82. The molecule has 1 fully saturated rings. The van der Waals surface area contributed by atoms with E-state index in [0.29, 0.717) is 31.9 Å². The number of halogens is 1. The standard InChI is InChI=1S/C25H22FN3O5S/c1-17-7-9-20(10-8-17)35(31,32)23-25(34-22(27-23)21-6-3-15-33-21)29-13-11-28(12-14-29)24(30)18-4-2-5-19(26)16-18/h2-10,15-16H,11-14H2,1H3. The number of carbonyl (C=O) groups excluding carboxylic acids is 1. The van der Waals surface area contributed by atoms with Gasteiger partial charge in [0.15, 0.2) is 5.76 Å². The van der Waals surface area contributed by atoms with Gasteiger partial charge in [0.05, 0.1) is 11.2 Å². The maximum Gasteiger partial charge on any atom is 0.266 e. The van der Waals surface area contributed by atoms with Gasteiger partial charge in [-0.1, -0.05) is 23.8 Å². The molecule has 1 saturated heterocycles. The smallest absolute Gasteiger partial charge is 0.266 e. The van der Waals surface area contributed by atoms with Crippen LogP contribution in [0.4, 0.5) is 10.3 Å². The van der Waals surface area contributed by atoms with Crippen LogP contribution in [-0.4, -0.2) is 50.4 Å². The van der Waals surface area contributed by atoms with Crippen molar-refractivity contribution < 1.29 is 26.4 Å². The van der Waals surface area contributed by atoms with Crippen LogP contribution in [0.25, 0.3) is 11.7 Å². The van der Waals surface area contributed by atoms with Gasteiger partial charge in [0.2, 0.25) is 20.7 Å². The van der Waals surface area contributed by atoms with Crippen molar-refractivity contribution in [1.82, 2.24) is 9.88 Å². The van der Waals surface area contributed by atoms with Gasteiger partial charge in [-0.15, -0.1) is 0 Å². The monoisotopic (exact) mass is 495 g/mol. The second-order valence-electron chi connectivity index (χ2n) is 8.21. The van der Waals surface area contributed by atoms with Crippen molar-refractivity contribution in [3.63, 3.8) is 0 Å². The lowest BCUT2D eigenvalue weighted by molar-refractivity contribution is 0.0744. The highest BCUT2D eigenvalue weighted by Gasteiger charge is 2.34. The fourth-order valence-corrected chi connectivity index (χ4v) is 5.25. The molecular weight excluding hydrogens is 473 g/mol. The fraction of sp³-hybridized carbons (Fsp3) is 0.200. The Labute approximate surface area is 201 Å². The zero-order chi connectivity index (χ0) is 24.6. The van der Waals surface area contributed by atoms with Crippen LogP contribution in [0.5, 0.6) is 0 Å². The van der Waals surface area contributed by atoms with Crippen molar-refractivity contribution in [2.45, 2.75) is 16.8 Å². The van der Waals surface area contributed by atoms with Gasteiger partial charge in [-0.05, 0) is 49.4 Å². The van der Waals surface area contributed by atoms with Crippen LogP contribution >= 0.6 is 0 Å². The summed E-state index contributed by atoms with van der Waals surface area (Å²) in [6.45, 7) is 3.10. The SMILES string of the molecule is Cc1ccc(S(=O)(=O)c2nc(-c3ccco3)oc2N2CCN(C(=O)c3cccc(F)c3)CC2)cc1. The van der Waals surface area contributed by atoms with Crippen LogP contribution < -0.4 is 4.90 Å². The molecule has 180 valence electrons. The van der Waals surface area contributed by atoms with Crippen LogP contribution in [0, 0.1) is 12.7 Å². The molecule has 5 rings (SSSR count). The highest BCUT2D eigenvalue weighted by atomic mass is 32.2. The lowest BCUT2D eigenvalue weighted by atomic mass is 10.2. The Kier molecular flexibility index (Phi) is 5.89. The summed E-state index contributed by atoms with van der Waals surface area (Å²) in [7, 11) is -3.99. The first-order valence-corrected chi connectivity index (χ1v) is 12.5. The molecule has 1 amide bonds. The van der Waals surface area contributed by atoms with Crippen LogP contribution in [0.2, 0.25) is 0 Å². The van der Waals surface area contributed by atoms with Crippen molar-refractivity contribution in [3.8, 4) is 11.7 Å². The number of aryl methyl sites for hydroxylation is 1. The van der Waals surface area contributed by atoms with Gasteiger partial charge in [0.25, 0.3) is 11.8 Å². The number of aromatic nitrogens is 1. The van der Waals surface area contributed by atoms with E-state index in [4.69, 9.17) is 8.83 Å². The van der Waals surface area contributed by atoms with Gasteiger partial charge in [-0.2, -0.15) is 4.98 Å². The van der Waals surface area contributed by atoms with E-state index in [1.54, 1.807) is 40.1 Å². The molecule has 35 heavy (non-hydrogen) atoms. The molecule has 0 aliphatic carbocycles. The Bertz CT molecular complexity index is 1460. The van der Waals surface area contributed by atoms with E-state index in [2.05, 4.69) is 4.98 Å². The first-order valence-electron chi connectivity index (χ1n) is 11.0. The summed E-state index contributed by atoms with van der Waals surface area (Å²) in [5, 5.41) is -0.210. The summed E-state index contributed by atoms with van der Waals surface area (Å²) < 4.78 is 51.8. The molecule has 0 atom stereocenters. The molecule has 2 aromatic heterocycles. The number of piperazine rings is 1. The van der Waals surface area contributed by atoms with Crippen LogP contribution in [-0.2, 0) is 9.84 Å². The molecule has 0 N–H and O–H groups in total. The second kappa shape index (κ2) is 9.03. The van der Waals surface area contributed by atoms with Crippen LogP contribution in [0.1, 0.15) is 15.9 Å². The van der Waals surface area contributed by atoms with Crippen molar-refractivity contribution in [1.29, 1.82) is 0 Å². The molecule has 2 aromatic carbocycles. The number of amides is 1. The van der Waals surface area contributed by atoms with Crippen LogP contribution in [0.3, 0.4) is 0 Å². The van der Waals surface area contributed by atoms with E-state index in [0.717, 1.165) is 5.56 Å². The maximum absolute atomic E-state index is 13.6. The van der Waals surface area contributed by atoms with Crippen molar-refractivity contribution in [2.75, 3.05) is 31.1 Å². The number of rotatable bonds is 5. The number of sulfone groups is 1. The van der Waals surface area contributed by atoms with E-state index < -0.39 is 15.7 Å². The molecule has 0 unspecified atom stereocenters. The van der Waals surface area contributed by atoms with E-state index in [1.165, 1.54) is 36.6 Å². The number of nitrogens with zero attached hydrogens (tertiary/aromatic N) is 3. The quantitative estimate of drug-likeness (QED) is 0.410. The highest BCUT2D eigenvalue weighted by Crippen LogP contribution is 2.35. The van der Waals surface area contributed by atoms with Crippen molar-refractivity contribution in [3.05, 3.63) is 83.9 Å². The lowest BCUT2D eigenvalue weighted by Crippen LogP contribution is -2.49. The fourth-order valence-electron chi connectivity index (χ4n) is 3.92. The third-order valence-corrected chi connectivity index (χ3v) is 7.49. The second-order valence-corrected chi connectivity index (χ2v) is 10.1. The number of anilines is 1. The zero-order valence-electron chi connectivity index (χ0n) is 18.8. The molecule has 0 bridgehead atoms. The summed E-state index contributed by atoms with van der Waals surface area (Å²) in [5.41, 5.74) is 1.19.